The van der Waals surface area contributed by atoms with Crippen molar-refractivity contribution in [3.63, 3.8) is 0 Å². The molecule has 1 amide bonds. The largest absolute Gasteiger partial charge is 0.379 e. The number of hydrogen-bond donors (Lipinski definition) is 2. The van der Waals surface area contributed by atoms with Crippen molar-refractivity contribution in [3.05, 3.63) is 63.8 Å². The number of rotatable bonds is 6. The van der Waals surface area contributed by atoms with E-state index in [1.54, 1.807) is 0 Å². The third-order valence-electron chi connectivity index (χ3n) is 7.84. The average Bonchev–Trinajstić information content (AvgIpc) is 3.64. The summed E-state index contributed by atoms with van der Waals surface area (Å²) in [5.74, 6) is 0.929. The van der Waals surface area contributed by atoms with Gasteiger partial charge in [-0.1, -0.05) is 18.2 Å². The summed E-state index contributed by atoms with van der Waals surface area (Å²) in [5, 5.41) is 8.38. The van der Waals surface area contributed by atoms with E-state index < -0.39 is 0 Å². The zero-order valence-corrected chi connectivity index (χ0v) is 21.1. The van der Waals surface area contributed by atoms with Gasteiger partial charge in [0.05, 0.1) is 11.2 Å². The monoisotopic (exact) mass is 458 g/mol. The predicted octanol–water partition coefficient (Wildman–Crippen LogP) is 5.33. The van der Waals surface area contributed by atoms with Crippen LogP contribution in [0.4, 0.5) is 5.69 Å². The van der Waals surface area contributed by atoms with Crippen LogP contribution in [0.2, 0.25) is 0 Å². The lowest BCUT2D eigenvalue weighted by molar-refractivity contribution is 0.0766. The summed E-state index contributed by atoms with van der Waals surface area (Å²) in [6.07, 6.45) is 3.65. The zero-order chi connectivity index (χ0) is 23.8. The average molecular weight is 459 g/mol. The molecule has 1 aliphatic heterocycles. The topological polar surface area (TPSA) is 49.3 Å². The molecule has 2 heterocycles. The molecule has 1 saturated heterocycles. The first kappa shape index (κ1) is 23.0. The lowest BCUT2D eigenvalue weighted by Gasteiger charge is -2.21. The van der Waals surface area contributed by atoms with E-state index in [-0.39, 0.29) is 5.91 Å². The number of nitrogens with one attached hydrogen (secondary N) is 2. The van der Waals surface area contributed by atoms with Gasteiger partial charge in [-0.2, -0.15) is 0 Å². The molecular formula is C29H38N4O. The highest BCUT2D eigenvalue weighted by atomic mass is 16.2. The highest BCUT2D eigenvalue weighted by Gasteiger charge is 2.26. The molecule has 0 bridgehead atoms. The quantitative estimate of drug-likeness (QED) is 0.525. The van der Waals surface area contributed by atoms with Crippen molar-refractivity contribution in [2.45, 2.75) is 60.0 Å². The Morgan fingerprint density at radius 2 is 1.82 bits per heavy atom. The summed E-state index contributed by atoms with van der Waals surface area (Å²) in [4.78, 5) is 15.6. The standard InChI is InChI=1S/C29H38N4O/c1-19-7-5-8-20(2)26(19)17-31-27-16-24(29(34)32-13-6-11-30-12-14-32)15-25-21(3)22(4)33(28(25)27)18-23-9-10-23/h5,7-8,15-16,23,30-31H,6,9-14,17-18H2,1-4H3. The summed E-state index contributed by atoms with van der Waals surface area (Å²) in [6, 6.07) is 10.7. The van der Waals surface area contributed by atoms with Crippen LogP contribution in [0.5, 0.6) is 0 Å². The molecule has 2 aromatic carbocycles. The van der Waals surface area contributed by atoms with Gasteiger partial charge in [-0.05, 0) is 93.8 Å². The van der Waals surface area contributed by atoms with Crippen molar-refractivity contribution in [2.24, 2.45) is 5.92 Å². The summed E-state index contributed by atoms with van der Waals surface area (Å²) in [6.45, 7) is 14.0. The molecule has 2 fully saturated rings. The summed E-state index contributed by atoms with van der Waals surface area (Å²) in [7, 11) is 0. The van der Waals surface area contributed by atoms with Crippen molar-refractivity contribution in [2.75, 3.05) is 31.5 Å². The molecule has 5 nitrogen and oxygen atoms in total. The molecule has 2 N–H and O–H groups in total. The van der Waals surface area contributed by atoms with Crippen molar-refractivity contribution >= 4 is 22.5 Å². The first-order valence-electron chi connectivity index (χ1n) is 12.9. The summed E-state index contributed by atoms with van der Waals surface area (Å²) < 4.78 is 2.50. The van der Waals surface area contributed by atoms with E-state index in [4.69, 9.17) is 0 Å². The van der Waals surface area contributed by atoms with Gasteiger partial charge < -0.3 is 20.1 Å². The Balaban J connectivity index is 1.58. The minimum Gasteiger partial charge on any atom is -0.379 e. The van der Waals surface area contributed by atoms with E-state index in [1.165, 1.54) is 51.7 Å². The predicted molar refractivity (Wildman–Crippen MR) is 141 cm³/mol. The number of anilines is 1. The number of aryl methyl sites for hydroxylation is 3. The van der Waals surface area contributed by atoms with Gasteiger partial charge in [0.1, 0.15) is 0 Å². The second kappa shape index (κ2) is 9.46. The number of amides is 1. The highest BCUT2D eigenvalue weighted by Crippen LogP contribution is 2.38. The number of hydrogen-bond acceptors (Lipinski definition) is 3. The maximum atomic E-state index is 13.6. The van der Waals surface area contributed by atoms with Gasteiger partial charge in [0, 0.05) is 49.4 Å². The van der Waals surface area contributed by atoms with Gasteiger partial charge in [-0.25, -0.2) is 0 Å². The smallest absolute Gasteiger partial charge is 0.253 e. The first-order chi connectivity index (χ1) is 16.4. The van der Waals surface area contributed by atoms with Crippen LogP contribution in [0.15, 0.2) is 30.3 Å². The van der Waals surface area contributed by atoms with Crippen LogP contribution < -0.4 is 10.6 Å². The fourth-order valence-electron chi connectivity index (χ4n) is 5.36. The molecule has 1 saturated carbocycles. The molecule has 5 rings (SSSR count). The molecule has 34 heavy (non-hydrogen) atoms. The SMILES string of the molecule is Cc1cccc(C)c1CNc1cc(C(=O)N2CCCNCC2)cc2c(C)c(C)n(CC3CC3)c12. The van der Waals surface area contributed by atoms with Crippen LogP contribution in [0, 0.1) is 33.6 Å². The minimum absolute atomic E-state index is 0.146. The van der Waals surface area contributed by atoms with Gasteiger partial charge in [-0.3, -0.25) is 4.79 Å². The molecular weight excluding hydrogens is 420 g/mol. The Labute approximate surface area is 203 Å². The van der Waals surface area contributed by atoms with Crippen molar-refractivity contribution in [1.29, 1.82) is 0 Å². The lowest BCUT2D eigenvalue weighted by atomic mass is 10.0. The van der Waals surface area contributed by atoms with E-state index in [2.05, 4.69) is 73.2 Å². The maximum absolute atomic E-state index is 13.6. The highest BCUT2D eigenvalue weighted by molar-refractivity contribution is 6.04. The maximum Gasteiger partial charge on any atom is 0.253 e. The summed E-state index contributed by atoms with van der Waals surface area (Å²) in [5.41, 5.74) is 9.67. The Morgan fingerprint density at radius 3 is 2.56 bits per heavy atom. The molecule has 5 heteroatoms. The Kier molecular flexibility index (Phi) is 6.39. The van der Waals surface area contributed by atoms with Gasteiger partial charge in [0.15, 0.2) is 0 Å². The number of carbonyl (C=O) groups excluding carboxylic acids is 1. The third kappa shape index (κ3) is 4.46. The van der Waals surface area contributed by atoms with E-state index in [9.17, 15) is 4.79 Å². The van der Waals surface area contributed by atoms with Crippen LogP contribution in [0.1, 0.15) is 57.6 Å². The lowest BCUT2D eigenvalue weighted by Crippen LogP contribution is -2.34. The number of fused-ring (bicyclic) bond motifs is 1. The van der Waals surface area contributed by atoms with E-state index in [1.807, 2.05) is 4.90 Å². The van der Waals surface area contributed by atoms with E-state index >= 15 is 0 Å². The van der Waals surface area contributed by atoms with Crippen LogP contribution in [0.3, 0.4) is 0 Å². The van der Waals surface area contributed by atoms with Crippen LogP contribution in [0.25, 0.3) is 10.9 Å². The fraction of sp³-hybridized carbons (Fsp3) is 0.483. The number of benzene rings is 2. The fourth-order valence-corrected chi connectivity index (χ4v) is 5.36. The van der Waals surface area contributed by atoms with E-state index in [0.717, 1.165) is 62.9 Å². The summed E-state index contributed by atoms with van der Waals surface area (Å²) >= 11 is 0. The molecule has 180 valence electrons. The van der Waals surface area contributed by atoms with Crippen molar-refractivity contribution in [1.82, 2.24) is 14.8 Å². The van der Waals surface area contributed by atoms with E-state index in [0.29, 0.717) is 0 Å². The van der Waals surface area contributed by atoms with Crippen molar-refractivity contribution < 1.29 is 4.79 Å². The normalized spacial score (nSPS) is 16.6. The number of carbonyl (C=O) groups is 1. The molecule has 0 atom stereocenters. The zero-order valence-electron chi connectivity index (χ0n) is 21.1. The molecule has 0 spiro atoms. The van der Waals surface area contributed by atoms with Crippen LogP contribution in [-0.2, 0) is 13.1 Å². The molecule has 0 radical (unpaired) electrons. The minimum atomic E-state index is 0.146. The Morgan fingerprint density at radius 1 is 1.06 bits per heavy atom. The molecule has 1 aliphatic carbocycles. The van der Waals surface area contributed by atoms with Gasteiger partial charge in [0.25, 0.3) is 5.91 Å². The van der Waals surface area contributed by atoms with Gasteiger partial charge in [-0.15, -0.1) is 0 Å². The molecule has 3 aromatic rings. The van der Waals surface area contributed by atoms with Gasteiger partial charge >= 0.3 is 0 Å². The van der Waals surface area contributed by atoms with Crippen LogP contribution >= 0.6 is 0 Å². The van der Waals surface area contributed by atoms with Crippen LogP contribution in [-0.4, -0.2) is 41.6 Å². The second-order valence-corrected chi connectivity index (χ2v) is 10.3. The molecule has 1 aromatic heterocycles. The second-order valence-electron chi connectivity index (χ2n) is 10.3. The van der Waals surface area contributed by atoms with Crippen molar-refractivity contribution in [3.8, 4) is 0 Å². The number of aromatic nitrogens is 1. The Hall–Kier alpha value is -2.79. The first-order valence-corrected chi connectivity index (χ1v) is 12.9. The molecule has 2 aliphatic rings. The third-order valence-corrected chi connectivity index (χ3v) is 7.84. The molecule has 0 unspecified atom stereocenters. The van der Waals surface area contributed by atoms with Gasteiger partial charge in [0.2, 0.25) is 0 Å². The Bertz CT molecular complexity index is 1190. The number of nitrogens with zero attached hydrogens (tertiary/aromatic N) is 2.